The first-order chi connectivity index (χ1) is 13.3. The molecule has 1 N–H and O–H groups in total. The number of aryl methyl sites for hydroxylation is 1. The normalized spacial score (nSPS) is 13.0. The second-order valence-corrected chi connectivity index (χ2v) is 9.34. The molecule has 0 aliphatic carbocycles. The first-order valence-corrected chi connectivity index (χ1v) is 11.4. The first-order valence-electron chi connectivity index (χ1n) is 9.04. The van der Waals surface area contributed by atoms with Gasteiger partial charge in [0.2, 0.25) is 15.9 Å². The number of aromatic nitrogens is 1. The van der Waals surface area contributed by atoms with Gasteiger partial charge in [0.15, 0.2) is 5.13 Å². The van der Waals surface area contributed by atoms with Crippen LogP contribution in [-0.2, 0) is 14.8 Å². The lowest BCUT2D eigenvalue weighted by Crippen LogP contribution is -2.43. The van der Waals surface area contributed by atoms with Crippen LogP contribution in [0, 0.1) is 6.92 Å². The molecule has 1 aromatic heterocycles. The summed E-state index contributed by atoms with van der Waals surface area (Å²) in [5, 5.41) is 6.48. The van der Waals surface area contributed by atoms with Crippen LogP contribution in [0.2, 0.25) is 0 Å². The van der Waals surface area contributed by atoms with Crippen molar-refractivity contribution in [3.05, 3.63) is 53.5 Å². The summed E-state index contributed by atoms with van der Waals surface area (Å²) < 4.78 is 28.2. The van der Waals surface area contributed by atoms with Gasteiger partial charge in [-0.05, 0) is 31.7 Å². The summed E-state index contributed by atoms with van der Waals surface area (Å²) in [4.78, 5) is 17.0. The topological polar surface area (TPSA) is 79.4 Å². The van der Waals surface area contributed by atoms with Gasteiger partial charge < -0.3 is 5.32 Å². The van der Waals surface area contributed by atoms with Crippen LogP contribution in [0.5, 0.6) is 0 Å². The molecule has 6 nitrogen and oxygen atoms in total. The number of rotatable bonds is 7. The highest BCUT2D eigenvalue weighted by Crippen LogP contribution is 2.27. The largest absolute Gasteiger partial charge is 0.301 e. The fraction of sp³-hybridized carbons (Fsp3) is 0.300. The highest BCUT2D eigenvalue weighted by atomic mass is 32.2. The van der Waals surface area contributed by atoms with Crippen molar-refractivity contribution in [3.63, 3.8) is 0 Å². The minimum absolute atomic E-state index is 0.212. The SMILES string of the molecule is CC[C@@H](C)N(CC(=O)Nc1nc(C)cs1)S(=O)(=O)c1cccc2ccccc12. The Balaban J connectivity index is 1.94. The van der Waals surface area contributed by atoms with Crippen LogP contribution >= 0.6 is 11.3 Å². The van der Waals surface area contributed by atoms with E-state index in [-0.39, 0.29) is 17.5 Å². The highest BCUT2D eigenvalue weighted by Gasteiger charge is 2.31. The van der Waals surface area contributed by atoms with E-state index in [2.05, 4.69) is 10.3 Å². The average Bonchev–Trinajstić information content (AvgIpc) is 3.09. The molecule has 1 atom stereocenters. The summed E-state index contributed by atoms with van der Waals surface area (Å²) in [5.41, 5.74) is 0.808. The fourth-order valence-electron chi connectivity index (χ4n) is 2.94. The van der Waals surface area contributed by atoms with E-state index in [0.717, 1.165) is 11.1 Å². The Bertz CT molecular complexity index is 1090. The standard InChI is InChI=1S/C20H23N3O3S2/c1-4-15(3)23(12-19(24)22-20-21-14(2)13-27-20)28(25,26)18-11-7-9-16-8-5-6-10-17(16)18/h5-11,13,15H,4,12H2,1-3H3,(H,21,22,24)/t15-/m1/s1. The number of fused-ring (bicyclic) bond motifs is 1. The molecule has 2 aromatic carbocycles. The minimum Gasteiger partial charge on any atom is -0.301 e. The van der Waals surface area contributed by atoms with Crippen LogP contribution in [0.4, 0.5) is 5.13 Å². The number of nitrogens with one attached hydrogen (secondary N) is 1. The third-order valence-electron chi connectivity index (χ3n) is 4.58. The van der Waals surface area contributed by atoms with Gasteiger partial charge in [-0.15, -0.1) is 11.3 Å². The predicted molar refractivity (Wildman–Crippen MR) is 113 cm³/mol. The second-order valence-electron chi connectivity index (χ2n) is 6.63. The number of benzene rings is 2. The van der Waals surface area contributed by atoms with Gasteiger partial charge >= 0.3 is 0 Å². The van der Waals surface area contributed by atoms with Gasteiger partial charge in [-0.25, -0.2) is 13.4 Å². The number of carbonyl (C=O) groups is 1. The number of thiazole rings is 1. The van der Waals surface area contributed by atoms with Gasteiger partial charge in [-0.1, -0.05) is 43.3 Å². The third kappa shape index (κ3) is 4.24. The third-order valence-corrected chi connectivity index (χ3v) is 7.48. The van der Waals surface area contributed by atoms with Gasteiger partial charge in [0, 0.05) is 16.8 Å². The minimum atomic E-state index is -3.87. The van der Waals surface area contributed by atoms with Crippen molar-refractivity contribution < 1.29 is 13.2 Å². The van der Waals surface area contributed by atoms with Crippen molar-refractivity contribution >= 4 is 43.2 Å². The lowest BCUT2D eigenvalue weighted by atomic mass is 10.1. The fourth-order valence-corrected chi connectivity index (χ4v) is 5.52. The molecular weight excluding hydrogens is 394 g/mol. The number of carbonyl (C=O) groups excluding carboxylic acids is 1. The molecule has 148 valence electrons. The summed E-state index contributed by atoms with van der Waals surface area (Å²) in [5.74, 6) is -0.404. The Hall–Kier alpha value is -2.29. The molecule has 0 aliphatic rings. The Morgan fingerprint density at radius 2 is 1.93 bits per heavy atom. The zero-order valence-corrected chi connectivity index (χ0v) is 17.7. The molecule has 3 rings (SSSR count). The van der Waals surface area contributed by atoms with E-state index < -0.39 is 15.9 Å². The van der Waals surface area contributed by atoms with Gasteiger partial charge in [-0.3, -0.25) is 4.79 Å². The van der Waals surface area contributed by atoms with Crippen molar-refractivity contribution in [2.75, 3.05) is 11.9 Å². The maximum absolute atomic E-state index is 13.5. The Morgan fingerprint density at radius 1 is 1.21 bits per heavy atom. The zero-order valence-electron chi connectivity index (χ0n) is 16.0. The van der Waals surface area contributed by atoms with Crippen molar-refractivity contribution in [1.82, 2.24) is 9.29 Å². The van der Waals surface area contributed by atoms with Crippen molar-refractivity contribution in [1.29, 1.82) is 0 Å². The predicted octanol–water partition coefficient (Wildman–Crippen LogP) is 4.03. The molecular formula is C20H23N3O3S2. The van der Waals surface area contributed by atoms with Crippen molar-refractivity contribution in [2.45, 2.75) is 38.1 Å². The molecule has 8 heteroatoms. The zero-order chi connectivity index (χ0) is 20.3. The van der Waals surface area contributed by atoms with Crippen LogP contribution in [-0.4, -0.2) is 36.2 Å². The number of anilines is 1. The van der Waals surface area contributed by atoms with Gasteiger partial charge in [0.25, 0.3) is 0 Å². The number of sulfonamides is 1. The molecule has 0 spiro atoms. The summed E-state index contributed by atoms with van der Waals surface area (Å²) in [6, 6.07) is 12.2. The summed E-state index contributed by atoms with van der Waals surface area (Å²) in [6.45, 7) is 5.28. The number of nitrogens with zero attached hydrogens (tertiary/aromatic N) is 2. The van der Waals surface area contributed by atoms with Crippen LogP contribution in [0.1, 0.15) is 26.0 Å². The summed E-state index contributed by atoms with van der Waals surface area (Å²) in [7, 11) is -3.87. The van der Waals surface area contributed by atoms with Crippen LogP contribution in [0.15, 0.2) is 52.7 Å². The quantitative estimate of drug-likeness (QED) is 0.629. The van der Waals surface area contributed by atoms with E-state index >= 15 is 0 Å². The molecule has 0 aliphatic heterocycles. The van der Waals surface area contributed by atoms with Gasteiger partial charge in [0.05, 0.1) is 17.1 Å². The molecule has 0 saturated heterocycles. The highest BCUT2D eigenvalue weighted by molar-refractivity contribution is 7.89. The summed E-state index contributed by atoms with van der Waals surface area (Å²) >= 11 is 1.31. The first kappa shape index (κ1) is 20.4. The summed E-state index contributed by atoms with van der Waals surface area (Å²) in [6.07, 6.45) is 0.591. The van der Waals surface area contributed by atoms with E-state index in [4.69, 9.17) is 0 Å². The van der Waals surface area contributed by atoms with Crippen LogP contribution in [0.3, 0.4) is 0 Å². The molecule has 1 amide bonds. The second kappa shape index (κ2) is 8.38. The molecule has 3 aromatic rings. The van der Waals surface area contributed by atoms with E-state index in [1.165, 1.54) is 15.6 Å². The molecule has 0 saturated carbocycles. The molecule has 0 radical (unpaired) electrons. The van der Waals surface area contributed by atoms with Crippen LogP contribution < -0.4 is 5.32 Å². The van der Waals surface area contributed by atoms with Gasteiger partial charge in [0.1, 0.15) is 0 Å². The molecule has 28 heavy (non-hydrogen) atoms. The number of amides is 1. The number of hydrogen-bond acceptors (Lipinski definition) is 5. The number of hydrogen-bond donors (Lipinski definition) is 1. The van der Waals surface area contributed by atoms with E-state index in [1.54, 1.807) is 18.2 Å². The van der Waals surface area contributed by atoms with Crippen molar-refractivity contribution in [2.24, 2.45) is 0 Å². The lowest BCUT2D eigenvalue weighted by molar-refractivity contribution is -0.116. The van der Waals surface area contributed by atoms with E-state index in [1.807, 2.05) is 50.4 Å². The Morgan fingerprint density at radius 3 is 2.61 bits per heavy atom. The van der Waals surface area contributed by atoms with Crippen LogP contribution in [0.25, 0.3) is 10.8 Å². The Kier molecular flexibility index (Phi) is 6.12. The Labute approximate surface area is 169 Å². The van der Waals surface area contributed by atoms with E-state index in [9.17, 15) is 13.2 Å². The molecule has 0 unspecified atom stereocenters. The molecule has 1 heterocycles. The molecule has 0 fully saturated rings. The van der Waals surface area contributed by atoms with Gasteiger partial charge in [-0.2, -0.15) is 4.31 Å². The molecule has 0 bridgehead atoms. The smallest absolute Gasteiger partial charge is 0.244 e. The van der Waals surface area contributed by atoms with Crippen molar-refractivity contribution in [3.8, 4) is 0 Å². The lowest BCUT2D eigenvalue weighted by Gasteiger charge is -2.27. The maximum Gasteiger partial charge on any atom is 0.244 e. The average molecular weight is 418 g/mol. The maximum atomic E-state index is 13.5. The van der Waals surface area contributed by atoms with E-state index in [0.29, 0.717) is 16.9 Å². The monoisotopic (exact) mass is 417 g/mol.